The lowest BCUT2D eigenvalue weighted by atomic mass is 9.83. The molecule has 1 saturated carbocycles. The van der Waals surface area contributed by atoms with Gasteiger partial charge in [0, 0.05) is 58.3 Å². The highest BCUT2D eigenvalue weighted by Crippen LogP contribution is 2.38. The first kappa shape index (κ1) is 20.4. The predicted molar refractivity (Wildman–Crippen MR) is 109 cm³/mol. The fraction of sp³-hybridized carbons (Fsp3) is 0.773. The van der Waals surface area contributed by atoms with Crippen molar-refractivity contribution in [3.05, 3.63) is 17.0 Å². The fourth-order valence-corrected chi connectivity index (χ4v) is 5.19. The second-order valence-electron chi connectivity index (χ2n) is 9.33. The highest BCUT2D eigenvalue weighted by atomic mass is 16.5. The molecule has 3 aliphatic rings. The maximum atomic E-state index is 12.8. The zero-order valence-electron chi connectivity index (χ0n) is 18.1. The molecule has 7 nitrogen and oxygen atoms in total. The van der Waals surface area contributed by atoms with Crippen molar-refractivity contribution < 1.29 is 14.3 Å². The van der Waals surface area contributed by atoms with Crippen LogP contribution in [0.1, 0.15) is 73.1 Å². The summed E-state index contributed by atoms with van der Waals surface area (Å²) in [6.45, 7) is 1.96. The van der Waals surface area contributed by atoms with Gasteiger partial charge in [0.15, 0.2) is 5.69 Å². The lowest BCUT2D eigenvalue weighted by Gasteiger charge is -2.44. The number of aryl methyl sites for hydroxylation is 1. The molecule has 4 rings (SSSR count). The van der Waals surface area contributed by atoms with Gasteiger partial charge in [-0.3, -0.25) is 14.3 Å². The van der Waals surface area contributed by atoms with Crippen molar-refractivity contribution in [2.24, 2.45) is 13.0 Å². The molecule has 160 valence electrons. The molecule has 0 N–H and O–H groups in total. The second-order valence-corrected chi connectivity index (χ2v) is 9.33. The zero-order valence-corrected chi connectivity index (χ0v) is 18.1. The number of amides is 2. The van der Waals surface area contributed by atoms with E-state index in [0.717, 1.165) is 50.0 Å². The molecule has 29 heavy (non-hydrogen) atoms. The molecule has 0 bridgehead atoms. The normalized spacial score (nSPS) is 21.8. The molecule has 1 aromatic heterocycles. The van der Waals surface area contributed by atoms with Crippen LogP contribution in [0.25, 0.3) is 0 Å². The Bertz CT molecular complexity index is 771. The minimum absolute atomic E-state index is 0.0791. The summed E-state index contributed by atoms with van der Waals surface area (Å²) in [6.07, 6.45) is 9.49. The van der Waals surface area contributed by atoms with Crippen molar-refractivity contribution in [3.63, 3.8) is 0 Å². The molecule has 1 saturated heterocycles. The van der Waals surface area contributed by atoms with E-state index in [0.29, 0.717) is 24.1 Å². The van der Waals surface area contributed by atoms with E-state index >= 15 is 0 Å². The van der Waals surface area contributed by atoms with Crippen molar-refractivity contribution in [1.29, 1.82) is 0 Å². The summed E-state index contributed by atoms with van der Waals surface area (Å²) in [5.74, 6) is 0.829. The third-order valence-electron chi connectivity index (χ3n) is 7.11. The Balaban J connectivity index is 1.39. The summed E-state index contributed by atoms with van der Waals surface area (Å²) in [4.78, 5) is 28.8. The van der Waals surface area contributed by atoms with Gasteiger partial charge in [-0.25, -0.2) is 0 Å². The Hall–Kier alpha value is -1.89. The molecule has 2 fully saturated rings. The van der Waals surface area contributed by atoms with Crippen LogP contribution in [0.3, 0.4) is 0 Å². The number of ether oxygens (including phenoxy) is 1. The lowest BCUT2D eigenvalue weighted by molar-refractivity contribution is -0.142. The molecule has 2 amide bonds. The number of hydrogen-bond acceptors (Lipinski definition) is 4. The molecule has 0 radical (unpaired) electrons. The highest BCUT2D eigenvalue weighted by molar-refractivity contribution is 5.93. The molecule has 0 atom stereocenters. The van der Waals surface area contributed by atoms with Crippen molar-refractivity contribution in [2.75, 3.05) is 27.2 Å². The van der Waals surface area contributed by atoms with E-state index < -0.39 is 0 Å². The Morgan fingerprint density at radius 3 is 2.52 bits per heavy atom. The summed E-state index contributed by atoms with van der Waals surface area (Å²) >= 11 is 0. The van der Waals surface area contributed by atoms with E-state index in [2.05, 4.69) is 5.10 Å². The monoisotopic (exact) mass is 402 g/mol. The Labute approximate surface area is 173 Å². The summed E-state index contributed by atoms with van der Waals surface area (Å²) in [7, 11) is 5.40. The van der Waals surface area contributed by atoms with Crippen molar-refractivity contribution in [3.8, 4) is 0 Å². The van der Waals surface area contributed by atoms with E-state index in [1.54, 1.807) is 19.0 Å². The number of carbonyl (C=O) groups is 2. The topological polar surface area (TPSA) is 67.7 Å². The van der Waals surface area contributed by atoms with Crippen LogP contribution in [-0.2, 0) is 29.6 Å². The van der Waals surface area contributed by atoms with Crippen LogP contribution < -0.4 is 0 Å². The molecule has 3 heterocycles. The lowest BCUT2D eigenvalue weighted by Crippen LogP contribution is -2.51. The van der Waals surface area contributed by atoms with Gasteiger partial charge in [-0.1, -0.05) is 19.3 Å². The fourth-order valence-electron chi connectivity index (χ4n) is 5.19. The maximum Gasteiger partial charge on any atom is 0.274 e. The number of fused-ring (bicyclic) bond motifs is 1. The molecule has 0 unspecified atom stereocenters. The molecule has 0 aromatic carbocycles. The van der Waals surface area contributed by atoms with Gasteiger partial charge >= 0.3 is 0 Å². The first-order chi connectivity index (χ1) is 13.9. The van der Waals surface area contributed by atoms with Crippen LogP contribution in [0.2, 0.25) is 0 Å². The predicted octanol–water partition coefficient (Wildman–Crippen LogP) is 2.53. The van der Waals surface area contributed by atoms with E-state index in [9.17, 15) is 9.59 Å². The largest absolute Gasteiger partial charge is 0.370 e. The van der Waals surface area contributed by atoms with E-state index in [4.69, 9.17) is 4.74 Å². The van der Waals surface area contributed by atoms with Crippen LogP contribution in [0.4, 0.5) is 0 Å². The average Bonchev–Trinajstić information content (AvgIpc) is 3.04. The molecule has 1 aliphatic carbocycles. The first-order valence-electron chi connectivity index (χ1n) is 11.1. The van der Waals surface area contributed by atoms with E-state index in [1.807, 2.05) is 16.6 Å². The van der Waals surface area contributed by atoms with Crippen LogP contribution in [0.5, 0.6) is 0 Å². The van der Waals surface area contributed by atoms with Crippen molar-refractivity contribution in [1.82, 2.24) is 19.6 Å². The SMILES string of the molecule is CN(C)C(=O)c1nn(C)c2c1COC1(CCN(C(=O)CC3CCCCC3)CC1)C2. The molecular formula is C22H34N4O3. The van der Waals surface area contributed by atoms with Gasteiger partial charge in [-0.05, 0) is 31.6 Å². The summed E-state index contributed by atoms with van der Waals surface area (Å²) in [5.41, 5.74) is 2.29. The Morgan fingerprint density at radius 2 is 1.86 bits per heavy atom. The van der Waals surface area contributed by atoms with Gasteiger partial charge in [0.2, 0.25) is 5.91 Å². The molecular weight excluding hydrogens is 368 g/mol. The van der Waals surface area contributed by atoms with Crippen LogP contribution in [0, 0.1) is 5.92 Å². The number of carbonyl (C=O) groups excluding carboxylic acids is 2. The smallest absolute Gasteiger partial charge is 0.274 e. The quantitative estimate of drug-likeness (QED) is 0.779. The second kappa shape index (κ2) is 8.09. The molecule has 2 aliphatic heterocycles. The summed E-state index contributed by atoms with van der Waals surface area (Å²) < 4.78 is 8.18. The Morgan fingerprint density at radius 1 is 1.17 bits per heavy atom. The summed E-state index contributed by atoms with van der Waals surface area (Å²) in [6, 6.07) is 0. The minimum Gasteiger partial charge on any atom is -0.370 e. The number of hydrogen-bond donors (Lipinski definition) is 0. The van der Waals surface area contributed by atoms with Gasteiger partial charge in [0.25, 0.3) is 5.91 Å². The van der Waals surface area contributed by atoms with Crippen LogP contribution in [0.15, 0.2) is 0 Å². The van der Waals surface area contributed by atoms with Gasteiger partial charge in [0.1, 0.15) is 0 Å². The number of likely N-dealkylation sites (tertiary alicyclic amines) is 1. The third-order valence-corrected chi connectivity index (χ3v) is 7.11. The summed E-state index contributed by atoms with van der Waals surface area (Å²) in [5, 5.41) is 4.48. The zero-order chi connectivity index (χ0) is 20.6. The van der Waals surface area contributed by atoms with Crippen molar-refractivity contribution in [2.45, 2.75) is 70.0 Å². The van der Waals surface area contributed by atoms with Crippen molar-refractivity contribution >= 4 is 11.8 Å². The van der Waals surface area contributed by atoms with E-state index in [1.165, 1.54) is 32.1 Å². The Kier molecular flexibility index (Phi) is 5.69. The maximum absolute atomic E-state index is 12.8. The van der Waals surface area contributed by atoms with Gasteiger partial charge in [-0.15, -0.1) is 0 Å². The average molecular weight is 403 g/mol. The number of aromatic nitrogens is 2. The standard InChI is InChI=1S/C22H34N4O3/c1-24(2)21(28)20-17-15-29-22(14-18(17)25(3)23-20)9-11-26(12-10-22)19(27)13-16-7-5-4-6-8-16/h16H,4-15H2,1-3H3. The van der Waals surface area contributed by atoms with Gasteiger partial charge in [-0.2, -0.15) is 5.10 Å². The third kappa shape index (κ3) is 4.06. The first-order valence-corrected chi connectivity index (χ1v) is 11.1. The minimum atomic E-state index is -0.235. The van der Waals surface area contributed by atoms with Gasteiger partial charge in [0.05, 0.1) is 12.2 Å². The molecule has 7 heteroatoms. The molecule has 1 aromatic rings. The van der Waals surface area contributed by atoms with Crippen LogP contribution >= 0.6 is 0 Å². The van der Waals surface area contributed by atoms with Gasteiger partial charge < -0.3 is 14.5 Å². The van der Waals surface area contributed by atoms with Crippen LogP contribution in [-0.4, -0.2) is 64.2 Å². The van der Waals surface area contributed by atoms with E-state index in [-0.39, 0.29) is 11.5 Å². The number of nitrogens with zero attached hydrogens (tertiary/aromatic N) is 4. The highest BCUT2D eigenvalue weighted by Gasteiger charge is 2.42. The number of piperidine rings is 1. The number of rotatable bonds is 3. The molecule has 1 spiro atoms.